The molecule has 0 saturated carbocycles. The zero-order chi connectivity index (χ0) is 50.0. The smallest absolute Gasteiger partial charge is 0.306 e. The molecule has 69 heavy (non-hydrogen) atoms. The zero-order valence-corrected chi connectivity index (χ0v) is 46.1. The molecule has 0 aliphatic rings. The Hall–Kier alpha value is -2.63. The molecule has 0 radical (unpaired) electrons. The van der Waals surface area contributed by atoms with Gasteiger partial charge in [-0.05, 0) is 57.8 Å². The molecule has 6 heteroatoms. The van der Waals surface area contributed by atoms with Gasteiger partial charge in [-0.15, -0.1) is 0 Å². The summed E-state index contributed by atoms with van der Waals surface area (Å²) < 4.78 is 16.8. The van der Waals surface area contributed by atoms with Crippen LogP contribution in [0.5, 0.6) is 0 Å². The maximum Gasteiger partial charge on any atom is 0.306 e. The third kappa shape index (κ3) is 56.2. The molecule has 0 aromatic carbocycles. The Morgan fingerprint density at radius 3 is 0.884 bits per heavy atom. The molecule has 0 amide bonds. The zero-order valence-electron chi connectivity index (χ0n) is 46.1. The molecule has 0 N–H and O–H groups in total. The molecule has 1 unspecified atom stereocenters. The van der Waals surface area contributed by atoms with Gasteiger partial charge in [0.05, 0.1) is 0 Å². The van der Waals surface area contributed by atoms with Crippen LogP contribution in [0.4, 0.5) is 0 Å². The second-order valence-corrected chi connectivity index (χ2v) is 20.2. The third-order valence-electron chi connectivity index (χ3n) is 13.3. The Labute approximate surface area is 428 Å². The fraction of sp³-hybridized carbons (Fsp3) is 0.825. The van der Waals surface area contributed by atoms with Crippen molar-refractivity contribution in [3.8, 4) is 0 Å². The quantitative estimate of drug-likeness (QED) is 0.0262. The minimum atomic E-state index is -0.769. The lowest BCUT2D eigenvalue weighted by Gasteiger charge is -2.18. The van der Waals surface area contributed by atoms with E-state index < -0.39 is 6.10 Å². The number of rotatable bonds is 55. The summed E-state index contributed by atoms with van der Waals surface area (Å²) in [6, 6.07) is 0. The number of unbranched alkanes of at least 4 members (excludes halogenated alkanes) is 36. The molecule has 0 aliphatic carbocycles. The molecule has 402 valence electrons. The topological polar surface area (TPSA) is 78.9 Å². The highest BCUT2D eigenvalue weighted by atomic mass is 16.6. The number of hydrogen-bond acceptors (Lipinski definition) is 6. The summed E-state index contributed by atoms with van der Waals surface area (Å²) in [4.78, 5) is 38.0. The molecular weight excluding hydrogens is 853 g/mol. The normalized spacial score (nSPS) is 12.3. The van der Waals surface area contributed by atoms with Gasteiger partial charge in [0.15, 0.2) is 6.10 Å². The van der Waals surface area contributed by atoms with E-state index in [1.54, 1.807) is 0 Å². The van der Waals surface area contributed by atoms with Crippen molar-refractivity contribution in [3.05, 3.63) is 48.6 Å². The lowest BCUT2D eigenvalue weighted by molar-refractivity contribution is -0.167. The SMILES string of the molecule is CC/C=C\C/C=C\C/C=C\C/C=C\CCCCCCCCCCCCC(=O)OCC(COC(=O)CCCCCCCCC)OC(=O)CCCCCCCCCCCCCCCCCCCCCCC. The standard InChI is InChI=1S/C63H114O6/c1-4-7-10-13-16-18-20-22-24-26-28-30-31-33-34-36-38-40-42-44-47-50-53-56-62(65)68-59-60(58-67-61(64)55-52-49-46-15-12-9-6-3)69-63(66)57-54-51-48-45-43-41-39-37-35-32-29-27-25-23-21-19-17-14-11-8-5-2/h7,10,16,18,22,24,28,30,60H,4-6,8-9,11-15,17,19-21,23,25-27,29,31-59H2,1-3H3/b10-7-,18-16-,24-22-,30-28-. The number of carbonyl (C=O) groups is 3. The summed E-state index contributed by atoms with van der Waals surface area (Å²) in [7, 11) is 0. The Kier molecular flexibility index (Phi) is 55.7. The first-order valence-corrected chi connectivity index (χ1v) is 30.1. The van der Waals surface area contributed by atoms with Crippen LogP contribution in [-0.4, -0.2) is 37.2 Å². The van der Waals surface area contributed by atoms with E-state index in [-0.39, 0.29) is 31.1 Å². The molecule has 0 fully saturated rings. The van der Waals surface area contributed by atoms with Crippen molar-refractivity contribution in [1.82, 2.24) is 0 Å². The molecule has 1 atom stereocenters. The summed E-state index contributed by atoms with van der Waals surface area (Å²) in [6.45, 7) is 6.53. The summed E-state index contributed by atoms with van der Waals surface area (Å²) >= 11 is 0. The Morgan fingerprint density at radius 1 is 0.304 bits per heavy atom. The van der Waals surface area contributed by atoms with Gasteiger partial charge in [0.25, 0.3) is 0 Å². The summed E-state index contributed by atoms with van der Waals surface area (Å²) in [6.07, 6.45) is 71.3. The first-order valence-electron chi connectivity index (χ1n) is 30.1. The van der Waals surface area contributed by atoms with Crippen molar-refractivity contribution >= 4 is 17.9 Å². The fourth-order valence-corrected chi connectivity index (χ4v) is 8.85. The van der Waals surface area contributed by atoms with Crippen molar-refractivity contribution in [2.45, 2.75) is 322 Å². The van der Waals surface area contributed by atoms with Crippen molar-refractivity contribution in [1.29, 1.82) is 0 Å². The van der Waals surface area contributed by atoms with E-state index in [0.29, 0.717) is 19.3 Å². The molecule has 0 bridgehead atoms. The van der Waals surface area contributed by atoms with Gasteiger partial charge in [0.2, 0.25) is 0 Å². The number of carbonyl (C=O) groups excluding carboxylic acids is 3. The van der Waals surface area contributed by atoms with Crippen molar-refractivity contribution < 1.29 is 28.6 Å². The molecule has 6 nitrogen and oxygen atoms in total. The van der Waals surface area contributed by atoms with Crippen LogP contribution < -0.4 is 0 Å². The highest BCUT2D eigenvalue weighted by molar-refractivity contribution is 5.71. The number of hydrogen-bond donors (Lipinski definition) is 0. The minimum Gasteiger partial charge on any atom is -0.462 e. The van der Waals surface area contributed by atoms with Crippen LogP contribution >= 0.6 is 0 Å². The predicted octanol–water partition coefficient (Wildman–Crippen LogP) is 20.2. The third-order valence-corrected chi connectivity index (χ3v) is 13.3. The Morgan fingerprint density at radius 2 is 0.565 bits per heavy atom. The maximum absolute atomic E-state index is 12.8. The van der Waals surface area contributed by atoms with Gasteiger partial charge >= 0.3 is 17.9 Å². The first kappa shape index (κ1) is 66.4. The summed E-state index contributed by atoms with van der Waals surface area (Å²) in [5, 5.41) is 0. The minimum absolute atomic E-state index is 0.0705. The molecule has 0 saturated heterocycles. The summed E-state index contributed by atoms with van der Waals surface area (Å²) in [5.74, 6) is -0.864. The van der Waals surface area contributed by atoms with Crippen molar-refractivity contribution in [2.75, 3.05) is 13.2 Å². The van der Waals surface area contributed by atoms with E-state index in [4.69, 9.17) is 14.2 Å². The second-order valence-electron chi connectivity index (χ2n) is 20.2. The predicted molar refractivity (Wildman–Crippen MR) is 298 cm³/mol. The van der Waals surface area contributed by atoms with Crippen LogP contribution in [0.3, 0.4) is 0 Å². The van der Waals surface area contributed by atoms with Gasteiger partial charge in [-0.3, -0.25) is 14.4 Å². The molecule has 0 aromatic heterocycles. The van der Waals surface area contributed by atoms with Crippen LogP contribution in [0.25, 0.3) is 0 Å². The van der Waals surface area contributed by atoms with Crippen LogP contribution in [0.15, 0.2) is 48.6 Å². The summed E-state index contributed by atoms with van der Waals surface area (Å²) in [5.41, 5.74) is 0. The van der Waals surface area contributed by atoms with E-state index in [2.05, 4.69) is 69.4 Å². The average Bonchev–Trinajstić information content (AvgIpc) is 3.35. The van der Waals surface area contributed by atoms with E-state index in [1.807, 2.05) is 0 Å². The highest BCUT2D eigenvalue weighted by Crippen LogP contribution is 2.17. The van der Waals surface area contributed by atoms with Crippen molar-refractivity contribution in [3.63, 3.8) is 0 Å². The van der Waals surface area contributed by atoms with Gasteiger partial charge in [0, 0.05) is 19.3 Å². The van der Waals surface area contributed by atoms with Gasteiger partial charge < -0.3 is 14.2 Å². The van der Waals surface area contributed by atoms with Crippen LogP contribution in [0.2, 0.25) is 0 Å². The molecule has 0 aromatic rings. The van der Waals surface area contributed by atoms with Crippen LogP contribution in [-0.2, 0) is 28.6 Å². The molecule has 0 spiro atoms. The number of allylic oxidation sites excluding steroid dienone is 8. The molecule has 0 rings (SSSR count). The molecular formula is C63H114O6. The monoisotopic (exact) mass is 967 g/mol. The largest absolute Gasteiger partial charge is 0.462 e. The first-order chi connectivity index (χ1) is 34.0. The van der Waals surface area contributed by atoms with Crippen LogP contribution in [0, 0.1) is 0 Å². The van der Waals surface area contributed by atoms with Gasteiger partial charge in [-0.25, -0.2) is 0 Å². The van der Waals surface area contributed by atoms with Gasteiger partial charge in [-0.2, -0.15) is 0 Å². The lowest BCUT2D eigenvalue weighted by Crippen LogP contribution is -2.30. The van der Waals surface area contributed by atoms with Gasteiger partial charge in [0.1, 0.15) is 13.2 Å². The van der Waals surface area contributed by atoms with Gasteiger partial charge in [-0.1, -0.05) is 288 Å². The van der Waals surface area contributed by atoms with E-state index in [0.717, 1.165) is 83.5 Å². The lowest BCUT2D eigenvalue weighted by atomic mass is 10.0. The maximum atomic E-state index is 12.8. The fourth-order valence-electron chi connectivity index (χ4n) is 8.85. The van der Waals surface area contributed by atoms with E-state index >= 15 is 0 Å². The Balaban J connectivity index is 4.14. The second kappa shape index (κ2) is 57.9. The molecule has 0 heterocycles. The molecule has 0 aliphatic heterocycles. The highest BCUT2D eigenvalue weighted by Gasteiger charge is 2.19. The Bertz CT molecular complexity index is 1200. The number of esters is 3. The van der Waals surface area contributed by atoms with Crippen molar-refractivity contribution in [2.24, 2.45) is 0 Å². The van der Waals surface area contributed by atoms with E-state index in [9.17, 15) is 14.4 Å². The number of ether oxygens (including phenoxy) is 3. The average molecular weight is 968 g/mol. The van der Waals surface area contributed by atoms with E-state index in [1.165, 1.54) is 193 Å². The van der Waals surface area contributed by atoms with Crippen LogP contribution in [0.1, 0.15) is 316 Å².